The van der Waals surface area contributed by atoms with E-state index in [4.69, 9.17) is 0 Å². The van der Waals surface area contributed by atoms with E-state index in [2.05, 4.69) is 0 Å². The summed E-state index contributed by atoms with van der Waals surface area (Å²) < 4.78 is 21.9. The van der Waals surface area contributed by atoms with E-state index < -0.39 is 9.84 Å². The summed E-state index contributed by atoms with van der Waals surface area (Å²) in [4.78, 5) is 1.84. The minimum atomic E-state index is -2.75. The zero-order valence-electron chi connectivity index (χ0n) is 5.66. The molecule has 0 radical (unpaired) electrons. The van der Waals surface area contributed by atoms with Crippen LogP contribution in [0.1, 0.15) is 6.92 Å². The highest BCUT2D eigenvalue weighted by Gasteiger charge is 2.31. The molecule has 0 aromatic heterocycles. The van der Waals surface area contributed by atoms with Gasteiger partial charge in [-0.05, 0) is 14.0 Å². The van der Waals surface area contributed by atoms with E-state index in [1.807, 2.05) is 11.9 Å². The van der Waals surface area contributed by atoms with Crippen LogP contribution in [0.3, 0.4) is 0 Å². The van der Waals surface area contributed by atoms with E-state index >= 15 is 0 Å². The molecule has 0 aromatic carbocycles. The van der Waals surface area contributed by atoms with Gasteiger partial charge in [-0.15, -0.1) is 0 Å². The lowest BCUT2D eigenvalue weighted by Crippen LogP contribution is -2.25. The number of hydrogen-bond acceptors (Lipinski definition) is 3. The van der Waals surface area contributed by atoms with Crippen molar-refractivity contribution in [3.8, 4) is 0 Å². The maximum atomic E-state index is 10.9. The molecule has 1 atom stereocenters. The summed E-state index contributed by atoms with van der Waals surface area (Å²) in [5.74, 6) is 0.324. The molecule has 0 saturated carbocycles. The molecule has 54 valence electrons. The first-order valence-electron chi connectivity index (χ1n) is 2.96. The van der Waals surface area contributed by atoms with Gasteiger partial charge in [0.1, 0.15) is 5.37 Å². The SMILES string of the molecule is CC1N(C)CCS1(=O)=O. The molecule has 0 aliphatic carbocycles. The van der Waals surface area contributed by atoms with Gasteiger partial charge >= 0.3 is 0 Å². The summed E-state index contributed by atoms with van der Waals surface area (Å²) in [5.41, 5.74) is 0. The largest absolute Gasteiger partial charge is 0.290 e. The third-order valence-corrected chi connectivity index (χ3v) is 4.02. The molecule has 9 heavy (non-hydrogen) atoms. The summed E-state index contributed by atoms with van der Waals surface area (Å²) in [5, 5.41) is -0.266. The van der Waals surface area contributed by atoms with E-state index in [0.29, 0.717) is 12.3 Å². The van der Waals surface area contributed by atoms with Gasteiger partial charge in [0.25, 0.3) is 0 Å². The highest BCUT2D eigenvalue weighted by Crippen LogP contribution is 2.13. The summed E-state index contributed by atoms with van der Waals surface area (Å²) in [6, 6.07) is 0. The lowest BCUT2D eigenvalue weighted by Gasteiger charge is -2.10. The molecule has 0 spiro atoms. The molecule has 4 heteroatoms. The summed E-state index contributed by atoms with van der Waals surface area (Å²) >= 11 is 0. The van der Waals surface area contributed by atoms with Crippen molar-refractivity contribution < 1.29 is 8.42 Å². The second-order valence-corrected chi connectivity index (χ2v) is 4.86. The van der Waals surface area contributed by atoms with Crippen molar-refractivity contribution in [2.24, 2.45) is 0 Å². The highest BCUT2D eigenvalue weighted by molar-refractivity contribution is 7.92. The van der Waals surface area contributed by atoms with Crippen LogP contribution in [0.25, 0.3) is 0 Å². The van der Waals surface area contributed by atoms with Crippen LogP contribution < -0.4 is 0 Å². The van der Waals surface area contributed by atoms with Gasteiger partial charge in [-0.25, -0.2) is 8.42 Å². The zero-order chi connectivity index (χ0) is 7.07. The predicted molar refractivity (Wildman–Crippen MR) is 35.9 cm³/mol. The Hall–Kier alpha value is -0.0900. The van der Waals surface area contributed by atoms with Crippen molar-refractivity contribution in [2.45, 2.75) is 12.3 Å². The molecule has 1 heterocycles. The van der Waals surface area contributed by atoms with Crippen LogP contribution in [-0.4, -0.2) is 38.0 Å². The molecule has 1 saturated heterocycles. The molecule has 1 rings (SSSR count). The van der Waals surface area contributed by atoms with E-state index in [1.54, 1.807) is 6.92 Å². The number of nitrogens with zero attached hydrogens (tertiary/aromatic N) is 1. The highest BCUT2D eigenvalue weighted by atomic mass is 32.2. The molecule has 3 nitrogen and oxygen atoms in total. The van der Waals surface area contributed by atoms with Crippen LogP contribution in [0.2, 0.25) is 0 Å². The Morgan fingerprint density at radius 2 is 2.11 bits per heavy atom. The van der Waals surface area contributed by atoms with Gasteiger partial charge in [-0.2, -0.15) is 0 Å². The van der Waals surface area contributed by atoms with Gasteiger partial charge in [0.15, 0.2) is 9.84 Å². The molecule has 0 bridgehead atoms. The molecular formula is C5H11NO2S. The molecule has 0 aromatic rings. The first-order valence-corrected chi connectivity index (χ1v) is 4.67. The summed E-state index contributed by atoms with van der Waals surface area (Å²) in [7, 11) is -0.920. The minimum Gasteiger partial charge on any atom is -0.290 e. The monoisotopic (exact) mass is 149 g/mol. The fraction of sp³-hybridized carbons (Fsp3) is 1.00. The van der Waals surface area contributed by atoms with Crippen molar-refractivity contribution in [3.63, 3.8) is 0 Å². The smallest absolute Gasteiger partial charge is 0.167 e. The number of hydrogen-bond donors (Lipinski definition) is 0. The normalized spacial score (nSPS) is 35.1. The molecule has 1 fully saturated rings. The molecule has 1 aliphatic heterocycles. The Kier molecular flexibility index (Phi) is 1.52. The maximum Gasteiger partial charge on any atom is 0.167 e. The second kappa shape index (κ2) is 1.95. The fourth-order valence-corrected chi connectivity index (χ4v) is 2.44. The molecule has 1 aliphatic rings. The third-order valence-electron chi connectivity index (χ3n) is 1.87. The van der Waals surface area contributed by atoms with Crippen molar-refractivity contribution in [2.75, 3.05) is 19.3 Å². The van der Waals surface area contributed by atoms with Gasteiger partial charge in [-0.1, -0.05) is 0 Å². The minimum absolute atomic E-state index is 0.266. The number of sulfone groups is 1. The van der Waals surface area contributed by atoms with Crippen molar-refractivity contribution in [3.05, 3.63) is 0 Å². The lowest BCUT2D eigenvalue weighted by atomic mass is 10.6. The van der Waals surface area contributed by atoms with Gasteiger partial charge in [0, 0.05) is 6.54 Å². The third kappa shape index (κ3) is 1.09. The van der Waals surface area contributed by atoms with E-state index in [0.717, 1.165) is 0 Å². The van der Waals surface area contributed by atoms with Crippen molar-refractivity contribution >= 4 is 9.84 Å². The Balaban J connectivity index is 2.87. The predicted octanol–water partition coefficient (Wildman–Crippen LogP) is -0.307. The standard InChI is InChI=1S/C5H11NO2S/c1-5-6(2)3-4-9(5,7)8/h5H,3-4H2,1-2H3. The van der Waals surface area contributed by atoms with Crippen LogP contribution in [0.5, 0.6) is 0 Å². The van der Waals surface area contributed by atoms with Gasteiger partial charge in [-0.3, -0.25) is 4.90 Å². The van der Waals surface area contributed by atoms with Crippen LogP contribution in [0.15, 0.2) is 0 Å². The van der Waals surface area contributed by atoms with Gasteiger partial charge in [0.2, 0.25) is 0 Å². The van der Waals surface area contributed by atoms with E-state index in [1.165, 1.54) is 0 Å². The molecule has 0 N–H and O–H groups in total. The van der Waals surface area contributed by atoms with Crippen LogP contribution in [-0.2, 0) is 9.84 Å². The first kappa shape index (κ1) is 7.02. The Morgan fingerprint density at radius 1 is 1.56 bits per heavy atom. The average Bonchev–Trinajstić information content (AvgIpc) is 1.97. The van der Waals surface area contributed by atoms with E-state index in [9.17, 15) is 8.42 Å². The molecule has 1 unspecified atom stereocenters. The lowest BCUT2D eigenvalue weighted by molar-refractivity contribution is 0.362. The average molecular weight is 149 g/mol. The van der Waals surface area contributed by atoms with E-state index in [-0.39, 0.29) is 5.37 Å². The summed E-state index contributed by atoms with van der Waals surface area (Å²) in [6.45, 7) is 2.41. The fourth-order valence-electron chi connectivity index (χ4n) is 0.898. The molecular weight excluding hydrogens is 138 g/mol. The van der Waals surface area contributed by atoms with Crippen molar-refractivity contribution in [1.29, 1.82) is 0 Å². The zero-order valence-corrected chi connectivity index (χ0v) is 6.48. The maximum absolute atomic E-state index is 10.9. The molecule has 0 amide bonds. The Morgan fingerprint density at radius 3 is 2.22 bits per heavy atom. The summed E-state index contributed by atoms with van der Waals surface area (Å²) in [6.07, 6.45) is 0. The second-order valence-electron chi connectivity index (χ2n) is 2.45. The number of rotatable bonds is 0. The van der Waals surface area contributed by atoms with Crippen molar-refractivity contribution in [1.82, 2.24) is 4.90 Å². The van der Waals surface area contributed by atoms with Gasteiger partial charge < -0.3 is 0 Å². The topological polar surface area (TPSA) is 37.4 Å². The van der Waals surface area contributed by atoms with Crippen LogP contribution >= 0.6 is 0 Å². The van der Waals surface area contributed by atoms with Crippen LogP contribution in [0, 0.1) is 0 Å². The van der Waals surface area contributed by atoms with Crippen LogP contribution in [0.4, 0.5) is 0 Å². The quantitative estimate of drug-likeness (QED) is 0.474. The Bertz CT molecular complexity index is 197. The first-order chi connectivity index (χ1) is 4.04. The Labute approximate surface area is 55.6 Å². The van der Waals surface area contributed by atoms with Gasteiger partial charge in [0.05, 0.1) is 5.75 Å².